The number of quaternary nitrogens is 2. The highest BCUT2D eigenvalue weighted by Crippen LogP contribution is 2.36. The van der Waals surface area contributed by atoms with Crippen LogP contribution < -0.4 is 10.5 Å². The van der Waals surface area contributed by atoms with Crippen LogP contribution in [0.5, 0.6) is 0 Å². The largest absolute Gasteiger partial charge is 0.576 e. The molecule has 0 fully saturated rings. The fourth-order valence-electron chi connectivity index (χ4n) is 4.20. The van der Waals surface area contributed by atoms with E-state index in [0.717, 1.165) is 54.4 Å². The minimum atomic E-state index is -1.36. The number of nitrogens with one attached hydrogen (secondary N) is 2. The monoisotopic (exact) mass is 406 g/mol. The molecule has 1 aromatic rings. The van der Waals surface area contributed by atoms with Crippen LogP contribution in [-0.2, 0) is 19.3 Å². The quantitative estimate of drug-likeness (QED) is 0.356. The lowest BCUT2D eigenvalue weighted by Gasteiger charge is -2.32. The van der Waals surface area contributed by atoms with Crippen LogP contribution in [0.3, 0.4) is 0 Å². The van der Waals surface area contributed by atoms with Crippen molar-refractivity contribution in [1.29, 1.82) is 0 Å². The van der Waals surface area contributed by atoms with Gasteiger partial charge in [0, 0.05) is 11.1 Å². The van der Waals surface area contributed by atoms with Crippen LogP contribution in [0, 0.1) is 23.3 Å². The van der Waals surface area contributed by atoms with E-state index in [2.05, 4.69) is 34.6 Å². The van der Waals surface area contributed by atoms with Crippen molar-refractivity contribution in [2.24, 2.45) is 5.92 Å². The Labute approximate surface area is 177 Å². The van der Waals surface area contributed by atoms with Crippen LogP contribution in [0.1, 0.15) is 101 Å². The number of allylic oxidation sites excluding steroid dienone is 2. The molecule has 3 N–H and O–H groups in total. The Bertz CT molecular complexity index is 681. The van der Waals surface area contributed by atoms with E-state index in [1.54, 1.807) is 0 Å². The standard InChI is InChI=1S/C24H42N2O3/c1-8-11-12-13-14-21-19(7)20(10-3)23(18(6)9-2)24(25(27)26(28)29)22(21)16-15-17(4)5/h9,17,25-26,28H,8,10-16H2,1-7H3/b18-9+. The second-order valence-electron chi connectivity index (χ2n) is 8.51. The van der Waals surface area contributed by atoms with Crippen molar-refractivity contribution in [2.45, 2.75) is 99.8 Å². The number of hydrogen-bond donors (Lipinski definition) is 3. The minimum Gasteiger partial charge on any atom is -0.576 e. The molecule has 29 heavy (non-hydrogen) atoms. The molecular formula is C24H42N2O3. The van der Waals surface area contributed by atoms with E-state index in [4.69, 9.17) is 0 Å². The van der Waals surface area contributed by atoms with Crippen LogP contribution in [0.2, 0.25) is 0 Å². The second kappa shape index (κ2) is 12.5. The van der Waals surface area contributed by atoms with Gasteiger partial charge >= 0.3 is 0 Å². The van der Waals surface area contributed by atoms with E-state index in [1.165, 1.54) is 30.4 Å². The van der Waals surface area contributed by atoms with Gasteiger partial charge in [0.1, 0.15) is 0 Å². The molecule has 5 nitrogen and oxygen atoms in total. The van der Waals surface area contributed by atoms with E-state index in [0.29, 0.717) is 11.6 Å². The third kappa shape index (κ3) is 6.63. The number of hydrogen-bond acceptors (Lipinski definition) is 3. The average Bonchev–Trinajstić information content (AvgIpc) is 2.68. The van der Waals surface area contributed by atoms with Gasteiger partial charge in [0.05, 0.1) is 0 Å². The maximum absolute atomic E-state index is 12.9. The first-order chi connectivity index (χ1) is 13.7. The second-order valence-corrected chi connectivity index (χ2v) is 8.51. The summed E-state index contributed by atoms with van der Waals surface area (Å²) in [6.07, 6.45) is 10.0. The summed E-state index contributed by atoms with van der Waals surface area (Å²) in [6, 6.07) is 0. The molecule has 1 aromatic carbocycles. The number of rotatable bonds is 12. The van der Waals surface area contributed by atoms with Crippen LogP contribution in [0.15, 0.2) is 6.08 Å². The van der Waals surface area contributed by atoms with Gasteiger partial charge in [-0.1, -0.05) is 58.4 Å². The van der Waals surface area contributed by atoms with Gasteiger partial charge in [-0.25, -0.2) is 0 Å². The molecule has 166 valence electrons. The lowest BCUT2D eigenvalue weighted by molar-refractivity contribution is -1.52. The lowest BCUT2D eigenvalue weighted by atomic mass is 9.82. The van der Waals surface area contributed by atoms with E-state index < -0.39 is 10.5 Å². The molecule has 0 aliphatic heterocycles. The molecule has 0 aromatic heterocycles. The van der Waals surface area contributed by atoms with Crippen LogP contribution in [-0.4, -0.2) is 5.21 Å². The maximum Gasteiger partial charge on any atom is 0.193 e. The van der Waals surface area contributed by atoms with Gasteiger partial charge in [0.25, 0.3) is 0 Å². The molecule has 0 bridgehead atoms. The zero-order chi connectivity index (χ0) is 22.1. The normalized spacial score (nSPS) is 14.5. The Morgan fingerprint density at radius 3 is 2.17 bits per heavy atom. The number of benzene rings is 1. The highest BCUT2D eigenvalue weighted by molar-refractivity contribution is 5.78. The van der Waals surface area contributed by atoms with Crippen molar-refractivity contribution >= 4 is 11.3 Å². The summed E-state index contributed by atoms with van der Waals surface area (Å²) in [6.45, 7) is 14.7. The SMILES string of the molecule is C/C=C(\C)c1c(CC)c(C)c(CCCCCC)c(CCC(C)C)c1[NH+]([O-])[NH+]([O-])O. The molecule has 0 saturated carbocycles. The maximum atomic E-state index is 12.9. The Balaban J connectivity index is 3.78. The summed E-state index contributed by atoms with van der Waals surface area (Å²) in [7, 11) is 0. The van der Waals surface area contributed by atoms with Gasteiger partial charge in [-0.15, -0.1) is 5.17 Å². The molecule has 2 atom stereocenters. The molecule has 0 aliphatic carbocycles. The first-order valence-electron chi connectivity index (χ1n) is 11.3. The fraction of sp³-hybridized carbons (Fsp3) is 0.667. The van der Waals surface area contributed by atoms with E-state index in [9.17, 15) is 15.6 Å². The zero-order valence-corrected chi connectivity index (χ0v) is 19.6. The smallest absolute Gasteiger partial charge is 0.193 e. The Hall–Kier alpha value is -1.24. The van der Waals surface area contributed by atoms with Gasteiger partial charge in [-0.3, -0.25) is 0 Å². The average molecular weight is 407 g/mol. The van der Waals surface area contributed by atoms with Gasteiger partial charge in [0.15, 0.2) is 5.69 Å². The van der Waals surface area contributed by atoms with Crippen LogP contribution >= 0.6 is 0 Å². The van der Waals surface area contributed by atoms with Gasteiger partial charge < -0.3 is 10.4 Å². The molecule has 0 aliphatic rings. The van der Waals surface area contributed by atoms with Crippen molar-refractivity contribution in [3.63, 3.8) is 0 Å². The van der Waals surface area contributed by atoms with Gasteiger partial charge in [0.2, 0.25) is 0 Å². The molecule has 0 amide bonds. The molecule has 1 rings (SSSR count). The van der Waals surface area contributed by atoms with Crippen molar-refractivity contribution in [1.82, 2.24) is 0 Å². The highest BCUT2D eigenvalue weighted by atomic mass is 16.9. The molecular weight excluding hydrogens is 364 g/mol. The van der Waals surface area contributed by atoms with E-state index in [1.807, 2.05) is 19.9 Å². The molecule has 5 heteroatoms. The number of unbranched alkanes of at least 4 members (excludes halogenated alkanes) is 3. The third-order valence-electron chi connectivity index (χ3n) is 5.98. The molecule has 0 radical (unpaired) electrons. The predicted molar refractivity (Wildman–Crippen MR) is 121 cm³/mol. The Morgan fingerprint density at radius 1 is 1.03 bits per heavy atom. The zero-order valence-electron chi connectivity index (χ0n) is 19.6. The topological polar surface area (TPSA) is 75.2 Å². The highest BCUT2D eigenvalue weighted by Gasteiger charge is 2.28. The Kier molecular flexibility index (Phi) is 11.1. The molecule has 2 unspecified atom stereocenters. The summed E-state index contributed by atoms with van der Waals surface area (Å²) < 4.78 is 0. The summed E-state index contributed by atoms with van der Waals surface area (Å²) >= 11 is 0. The summed E-state index contributed by atoms with van der Waals surface area (Å²) in [5.41, 5.74) is 6.87. The summed E-state index contributed by atoms with van der Waals surface area (Å²) in [5.74, 6) is 0.494. The van der Waals surface area contributed by atoms with Crippen molar-refractivity contribution < 1.29 is 15.7 Å². The predicted octanol–water partition coefficient (Wildman–Crippen LogP) is 4.39. The first kappa shape index (κ1) is 25.8. The third-order valence-corrected chi connectivity index (χ3v) is 5.98. The van der Waals surface area contributed by atoms with Crippen molar-refractivity contribution in [3.05, 3.63) is 44.3 Å². The van der Waals surface area contributed by atoms with E-state index in [-0.39, 0.29) is 0 Å². The molecule has 0 heterocycles. The summed E-state index contributed by atoms with van der Waals surface area (Å²) in [4.78, 5) is 0. The van der Waals surface area contributed by atoms with Crippen LogP contribution in [0.4, 0.5) is 5.69 Å². The van der Waals surface area contributed by atoms with E-state index >= 15 is 0 Å². The molecule has 0 saturated heterocycles. The summed E-state index contributed by atoms with van der Waals surface area (Å²) in [5, 5.41) is 32.2. The fourth-order valence-corrected chi connectivity index (χ4v) is 4.20. The lowest BCUT2D eigenvalue weighted by Crippen LogP contribution is -3.53. The van der Waals surface area contributed by atoms with Crippen molar-refractivity contribution in [2.75, 3.05) is 0 Å². The van der Waals surface area contributed by atoms with Crippen LogP contribution in [0.25, 0.3) is 5.57 Å². The van der Waals surface area contributed by atoms with Gasteiger partial charge in [-0.2, -0.15) is 5.21 Å². The van der Waals surface area contributed by atoms with Crippen molar-refractivity contribution in [3.8, 4) is 0 Å². The first-order valence-corrected chi connectivity index (χ1v) is 11.3. The molecule has 0 spiro atoms. The van der Waals surface area contributed by atoms with Gasteiger partial charge in [-0.05, 0) is 81.1 Å². The minimum absolute atomic E-state index is 0.446. The Morgan fingerprint density at radius 2 is 1.69 bits per heavy atom.